The Labute approximate surface area is 108 Å². The Hall–Kier alpha value is -2.37. The Morgan fingerprint density at radius 1 is 1.42 bits per heavy atom. The van der Waals surface area contributed by atoms with Crippen molar-refractivity contribution in [3.05, 3.63) is 47.4 Å². The Kier molecular flexibility index (Phi) is 2.70. The molecule has 0 bridgehead atoms. The predicted octanol–water partition coefficient (Wildman–Crippen LogP) is 2.13. The van der Waals surface area contributed by atoms with Crippen LogP contribution in [0.3, 0.4) is 0 Å². The zero-order chi connectivity index (χ0) is 13.4. The fourth-order valence-electron chi connectivity index (χ4n) is 2.32. The molecule has 0 aliphatic carbocycles. The molecular formula is C13H12FN3O2. The van der Waals surface area contributed by atoms with Gasteiger partial charge in [-0.2, -0.15) is 5.10 Å². The number of carbonyl (C=O) groups is 1. The third-order valence-corrected chi connectivity index (χ3v) is 3.23. The summed E-state index contributed by atoms with van der Waals surface area (Å²) in [5.74, 6) is -0.663. The molecule has 1 aromatic carbocycles. The van der Waals surface area contributed by atoms with Gasteiger partial charge in [0.25, 0.3) is 0 Å². The van der Waals surface area contributed by atoms with Gasteiger partial charge in [-0.1, -0.05) is 12.1 Å². The quantitative estimate of drug-likeness (QED) is 0.869. The maximum Gasteiger partial charge on any atom is 0.356 e. The van der Waals surface area contributed by atoms with E-state index < -0.39 is 5.97 Å². The molecule has 1 unspecified atom stereocenters. The molecule has 2 aromatic rings. The van der Waals surface area contributed by atoms with E-state index in [4.69, 9.17) is 5.11 Å². The summed E-state index contributed by atoms with van der Waals surface area (Å²) in [5.41, 5.74) is 0.931. The minimum atomic E-state index is -1.05. The lowest BCUT2D eigenvalue weighted by molar-refractivity contribution is 0.0689. The second-order valence-electron chi connectivity index (χ2n) is 4.45. The molecule has 2 heterocycles. The van der Waals surface area contributed by atoms with E-state index in [1.54, 1.807) is 16.8 Å². The highest BCUT2D eigenvalue weighted by atomic mass is 19.1. The van der Waals surface area contributed by atoms with Gasteiger partial charge in [-0.3, -0.25) is 0 Å². The highest BCUT2D eigenvalue weighted by Gasteiger charge is 2.24. The van der Waals surface area contributed by atoms with E-state index in [2.05, 4.69) is 10.4 Å². The van der Waals surface area contributed by atoms with Crippen molar-refractivity contribution in [3.8, 4) is 0 Å². The zero-order valence-corrected chi connectivity index (χ0v) is 10.0. The number of anilines is 1. The summed E-state index contributed by atoms with van der Waals surface area (Å²) in [7, 11) is 0. The molecule has 1 aliphatic heterocycles. The Morgan fingerprint density at radius 3 is 2.84 bits per heavy atom. The molecule has 19 heavy (non-hydrogen) atoms. The summed E-state index contributed by atoms with van der Waals surface area (Å²) < 4.78 is 14.6. The molecule has 0 saturated heterocycles. The standard InChI is InChI=1S/C13H12FN3O2/c14-9-3-1-8(2-4-9)11-5-6-15-12-7-10(13(18)19)16-17(11)12/h1-4,7,11,15H,5-6H2,(H,18,19). The summed E-state index contributed by atoms with van der Waals surface area (Å²) >= 11 is 0. The largest absolute Gasteiger partial charge is 0.476 e. The average Bonchev–Trinajstić information content (AvgIpc) is 2.83. The van der Waals surface area contributed by atoms with E-state index in [9.17, 15) is 9.18 Å². The minimum Gasteiger partial charge on any atom is -0.476 e. The third kappa shape index (κ3) is 2.05. The Bertz CT molecular complexity index is 621. The zero-order valence-electron chi connectivity index (χ0n) is 10.0. The number of aromatic carboxylic acids is 1. The molecule has 6 heteroatoms. The van der Waals surface area contributed by atoms with Gasteiger partial charge in [0, 0.05) is 12.6 Å². The molecule has 0 fully saturated rings. The number of fused-ring (bicyclic) bond motifs is 1. The number of carboxylic acids is 1. The van der Waals surface area contributed by atoms with Crippen LogP contribution in [0.4, 0.5) is 10.2 Å². The molecule has 0 spiro atoms. The number of halogens is 1. The molecule has 2 N–H and O–H groups in total. The Morgan fingerprint density at radius 2 is 2.16 bits per heavy atom. The summed E-state index contributed by atoms with van der Waals surface area (Å²) in [6.07, 6.45) is 0.777. The molecule has 1 aliphatic rings. The first-order valence-corrected chi connectivity index (χ1v) is 5.97. The molecule has 0 amide bonds. The lowest BCUT2D eigenvalue weighted by Gasteiger charge is -2.25. The highest BCUT2D eigenvalue weighted by Crippen LogP contribution is 2.29. The predicted molar refractivity (Wildman–Crippen MR) is 66.8 cm³/mol. The first kappa shape index (κ1) is 11.7. The maximum absolute atomic E-state index is 12.9. The van der Waals surface area contributed by atoms with Gasteiger partial charge in [0.1, 0.15) is 11.6 Å². The molecule has 5 nitrogen and oxygen atoms in total. The summed E-state index contributed by atoms with van der Waals surface area (Å²) in [5, 5.41) is 16.2. The van der Waals surface area contributed by atoms with Gasteiger partial charge in [0.05, 0.1) is 6.04 Å². The van der Waals surface area contributed by atoms with Crippen LogP contribution in [0.15, 0.2) is 30.3 Å². The van der Waals surface area contributed by atoms with Gasteiger partial charge in [-0.05, 0) is 24.1 Å². The summed E-state index contributed by atoms with van der Waals surface area (Å²) in [6, 6.07) is 7.66. The van der Waals surface area contributed by atoms with Crippen molar-refractivity contribution in [1.29, 1.82) is 0 Å². The van der Waals surface area contributed by atoms with Gasteiger partial charge in [-0.25, -0.2) is 13.9 Å². The number of nitrogens with one attached hydrogen (secondary N) is 1. The molecule has 3 rings (SSSR count). The van der Waals surface area contributed by atoms with E-state index in [1.165, 1.54) is 18.2 Å². The summed E-state index contributed by atoms with van der Waals surface area (Å²) in [6.45, 7) is 0.729. The number of aromatic nitrogens is 2. The smallest absolute Gasteiger partial charge is 0.356 e. The fraction of sp³-hybridized carbons (Fsp3) is 0.231. The van der Waals surface area contributed by atoms with Gasteiger partial charge in [0.15, 0.2) is 5.69 Å². The number of nitrogens with zero attached hydrogens (tertiary/aromatic N) is 2. The van der Waals surface area contributed by atoms with E-state index in [1.807, 2.05) is 0 Å². The highest BCUT2D eigenvalue weighted by molar-refractivity contribution is 5.86. The van der Waals surface area contributed by atoms with Crippen molar-refractivity contribution < 1.29 is 14.3 Å². The van der Waals surface area contributed by atoms with Gasteiger partial charge in [0.2, 0.25) is 0 Å². The van der Waals surface area contributed by atoms with Crippen LogP contribution in [0.1, 0.15) is 28.5 Å². The van der Waals surface area contributed by atoms with Crippen LogP contribution in [0.25, 0.3) is 0 Å². The van der Waals surface area contributed by atoms with Crippen LogP contribution >= 0.6 is 0 Å². The first-order chi connectivity index (χ1) is 9.15. The van der Waals surface area contributed by atoms with Crippen molar-refractivity contribution in [2.24, 2.45) is 0 Å². The lowest BCUT2D eigenvalue weighted by atomic mass is 10.0. The second-order valence-corrected chi connectivity index (χ2v) is 4.45. The Balaban J connectivity index is 2.02. The van der Waals surface area contributed by atoms with Crippen LogP contribution in [0.5, 0.6) is 0 Å². The van der Waals surface area contributed by atoms with Gasteiger partial charge in [-0.15, -0.1) is 0 Å². The number of hydrogen-bond donors (Lipinski definition) is 2. The number of rotatable bonds is 2. The van der Waals surface area contributed by atoms with Crippen molar-refractivity contribution in [2.45, 2.75) is 12.5 Å². The van der Waals surface area contributed by atoms with E-state index >= 15 is 0 Å². The second kappa shape index (κ2) is 4.38. The molecule has 0 radical (unpaired) electrons. The topological polar surface area (TPSA) is 67.1 Å². The number of carboxylic acid groups (broad SMARTS) is 1. The normalized spacial score (nSPS) is 17.6. The van der Waals surface area contributed by atoms with Gasteiger partial charge >= 0.3 is 5.97 Å². The molecule has 1 aromatic heterocycles. The number of benzene rings is 1. The maximum atomic E-state index is 12.9. The molecule has 0 saturated carbocycles. The van der Waals surface area contributed by atoms with E-state index in [-0.39, 0.29) is 17.6 Å². The van der Waals surface area contributed by atoms with Crippen molar-refractivity contribution in [2.75, 3.05) is 11.9 Å². The van der Waals surface area contributed by atoms with Crippen molar-refractivity contribution in [1.82, 2.24) is 9.78 Å². The van der Waals surface area contributed by atoms with E-state index in [0.717, 1.165) is 18.5 Å². The first-order valence-electron chi connectivity index (χ1n) is 5.97. The SMILES string of the molecule is O=C(O)c1cc2n(n1)C(c1ccc(F)cc1)CCN2. The monoisotopic (exact) mass is 261 g/mol. The summed E-state index contributed by atoms with van der Waals surface area (Å²) in [4.78, 5) is 11.0. The lowest BCUT2D eigenvalue weighted by Crippen LogP contribution is -2.24. The van der Waals surface area contributed by atoms with Crippen LogP contribution in [-0.2, 0) is 0 Å². The molecule has 98 valence electrons. The van der Waals surface area contributed by atoms with Crippen LogP contribution < -0.4 is 5.32 Å². The van der Waals surface area contributed by atoms with E-state index in [0.29, 0.717) is 5.82 Å². The van der Waals surface area contributed by atoms with Gasteiger partial charge < -0.3 is 10.4 Å². The molecular weight excluding hydrogens is 249 g/mol. The fourth-order valence-corrected chi connectivity index (χ4v) is 2.32. The van der Waals surface area contributed by atoms with Crippen LogP contribution in [-0.4, -0.2) is 27.4 Å². The van der Waals surface area contributed by atoms with Crippen LogP contribution in [0.2, 0.25) is 0 Å². The average molecular weight is 261 g/mol. The van der Waals surface area contributed by atoms with Crippen molar-refractivity contribution in [3.63, 3.8) is 0 Å². The molecule has 1 atom stereocenters. The van der Waals surface area contributed by atoms with Crippen molar-refractivity contribution >= 4 is 11.8 Å². The van der Waals surface area contributed by atoms with Crippen LogP contribution in [0, 0.1) is 5.82 Å². The third-order valence-electron chi connectivity index (χ3n) is 3.23. The minimum absolute atomic E-state index is 0.0107. The number of hydrogen-bond acceptors (Lipinski definition) is 3.